The minimum absolute atomic E-state index is 0.0559. The standard InChI is InChI=1S/C11H18N2OS/c1-3-5-9(12)11(14)13-8(2)10-6-4-7-15-10/h4,6-9H,3,5,12H2,1-2H3,(H,13,14)/t8?,9-/m0/s1. The monoisotopic (exact) mass is 226 g/mol. The lowest BCUT2D eigenvalue weighted by Gasteiger charge is -2.15. The minimum atomic E-state index is -0.377. The van der Waals surface area contributed by atoms with E-state index in [9.17, 15) is 4.79 Å². The first kappa shape index (κ1) is 12.2. The fourth-order valence-electron chi connectivity index (χ4n) is 1.37. The summed E-state index contributed by atoms with van der Waals surface area (Å²) in [5.74, 6) is -0.0576. The van der Waals surface area contributed by atoms with E-state index in [1.807, 2.05) is 31.4 Å². The van der Waals surface area contributed by atoms with Crippen LogP contribution in [0.4, 0.5) is 0 Å². The summed E-state index contributed by atoms with van der Waals surface area (Å²) in [7, 11) is 0. The Morgan fingerprint density at radius 1 is 1.67 bits per heavy atom. The Labute approximate surface area is 94.7 Å². The molecule has 1 aromatic heterocycles. The summed E-state index contributed by atoms with van der Waals surface area (Å²) in [6.07, 6.45) is 1.67. The quantitative estimate of drug-likeness (QED) is 0.807. The lowest BCUT2D eigenvalue weighted by Crippen LogP contribution is -2.41. The second-order valence-electron chi connectivity index (χ2n) is 3.64. The third kappa shape index (κ3) is 3.64. The molecule has 1 unspecified atom stereocenters. The van der Waals surface area contributed by atoms with Crippen LogP contribution in [0.3, 0.4) is 0 Å². The van der Waals surface area contributed by atoms with Gasteiger partial charge in [-0.1, -0.05) is 19.4 Å². The van der Waals surface area contributed by atoms with Gasteiger partial charge in [0.1, 0.15) is 0 Å². The Hall–Kier alpha value is -0.870. The molecule has 0 saturated heterocycles. The van der Waals surface area contributed by atoms with Gasteiger partial charge in [-0.05, 0) is 24.8 Å². The number of rotatable bonds is 5. The van der Waals surface area contributed by atoms with E-state index in [1.165, 1.54) is 0 Å². The highest BCUT2D eigenvalue weighted by Crippen LogP contribution is 2.18. The Bertz CT molecular complexity index is 298. The first-order valence-electron chi connectivity index (χ1n) is 5.24. The summed E-state index contributed by atoms with van der Waals surface area (Å²) in [4.78, 5) is 12.8. The van der Waals surface area contributed by atoms with Crippen molar-refractivity contribution in [1.82, 2.24) is 5.32 Å². The molecule has 0 aliphatic rings. The van der Waals surface area contributed by atoms with Crippen molar-refractivity contribution in [3.63, 3.8) is 0 Å². The maximum Gasteiger partial charge on any atom is 0.237 e. The van der Waals surface area contributed by atoms with E-state index >= 15 is 0 Å². The Morgan fingerprint density at radius 3 is 2.93 bits per heavy atom. The molecule has 3 nitrogen and oxygen atoms in total. The lowest BCUT2D eigenvalue weighted by molar-refractivity contribution is -0.123. The second kappa shape index (κ2) is 5.88. The summed E-state index contributed by atoms with van der Waals surface area (Å²) in [6, 6.07) is 3.67. The van der Waals surface area contributed by atoms with E-state index in [0.717, 1.165) is 17.7 Å². The highest BCUT2D eigenvalue weighted by molar-refractivity contribution is 7.10. The number of carbonyl (C=O) groups excluding carboxylic acids is 1. The van der Waals surface area contributed by atoms with E-state index < -0.39 is 0 Å². The fraction of sp³-hybridized carbons (Fsp3) is 0.545. The Balaban J connectivity index is 2.44. The summed E-state index contributed by atoms with van der Waals surface area (Å²) < 4.78 is 0. The predicted molar refractivity (Wildman–Crippen MR) is 63.8 cm³/mol. The summed E-state index contributed by atoms with van der Waals surface area (Å²) >= 11 is 1.64. The fourth-order valence-corrected chi connectivity index (χ4v) is 2.11. The number of thiophene rings is 1. The number of carbonyl (C=O) groups is 1. The van der Waals surface area contributed by atoms with Gasteiger partial charge in [-0.15, -0.1) is 11.3 Å². The zero-order chi connectivity index (χ0) is 11.3. The molecular formula is C11H18N2OS. The molecule has 84 valence electrons. The summed E-state index contributed by atoms with van der Waals surface area (Å²) in [5.41, 5.74) is 5.72. The van der Waals surface area contributed by atoms with Gasteiger partial charge in [0.05, 0.1) is 12.1 Å². The molecule has 0 aliphatic heterocycles. The second-order valence-corrected chi connectivity index (χ2v) is 4.62. The van der Waals surface area contributed by atoms with Gasteiger partial charge >= 0.3 is 0 Å². The largest absolute Gasteiger partial charge is 0.347 e. The van der Waals surface area contributed by atoms with Gasteiger partial charge in [0.2, 0.25) is 5.91 Å². The normalized spacial score (nSPS) is 14.6. The van der Waals surface area contributed by atoms with E-state index in [1.54, 1.807) is 11.3 Å². The number of hydrogen-bond acceptors (Lipinski definition) is 3. The number of nitrogens with one attached hydrogen (secondary N) is 1. The van der Waals surface area contributed by atoms with Crippen molar-refractivity contribution in [2.24, 2.45) is 5.73 Å². The molecule has 1 heterocycles. The molecule has 0 fully saturated rings. The van der Waals surface area contributed by atoms with Gasteiger partial charge in [0, 0.05) is 4.88 Å². The minimum Gasteiger partial charge on any atom is -0.347 e. The van der Waals surface area contributed by atoms with Gasteiger partial charge in [-0.2, -0.15) is 0 Å². The molecule has 15 heavy (non-hydrogen) atoms. The smallest absolute Gasteiger partial charge is 0.237 e. The Morgan fingerprint density at radius 2 is 2.40 bits per heavy atom. The SMILES string of the molecule is CCC[C@H](N)C(=O)NC(C)c1cccs1. The highest BCUT2D eigenvalue weighted by Gasteiger charge is 2.15. The molecule has 0 saturated carbocycles. The van der Waals surface area contributed by atoms with Crippen molar-refractivity contribution in [2.45, 2.75) is 38.8 Å². The number of hydrogen-bond donors (Lipinski definition) is 2. The molecule has 3 N–H and O–H groups in total. The van der Waals surface area contributed by atoms with Crippen LogP contribution >= 0.6 is 11.3 Å². The lowest BCUT2D eigenvalue weighted by atomic mass is 10.1. The third-order valence-electron chi connectivity index (χ3n) is 2.27. The van der Waals surface area contributed by atoms with Crippen LogP contribution < -0.4 is 11.1 Å². The molecule has 1 amide bonds. The molecule has 4 heteroatoms. The topological polar surface area (TPSA) is 55.1 Å². The average Bonchev–Trinajstić information content (AvgIpc) is 2.70. The van der Waals surface area contributed by atoms with E-state index in [0.29, 0.717) is 0 Å². The molecule has 0 radical (unpaired) electrons. The molecule has 1 aromatic rings. The highest BCUT2D eigenvalue weighted by atomic mass is 32.1. The van der Waals surface area contributed by atoms with Gasteiger partial charge in [-0.3, -0.25) is 4.79 Å². The molecule has 0 aromatic carbocycles. The average molecular weight is 226 g/mol. The molecule has 2 atom stereocenters. The van der Waals surface area contributed by atoms with Crippen molar-refractivity contribution >= 4 is 17.2 Å². The van der Waals surface area contributed by atoms with Crippen molar-refractivity contribution in [3.05, 3.63) is 22.4 Å². The van der Waals surface area contributed by atoms with E-state index in [4.69, 9.17) is 5.73 Å². The van der Waals surface area contributed by atoms with Crippen LogP contribution in [0, 0.1) is 0 Å². The van der Waals surface area contributed by atoms with E-state index in [-0.39, 0.29) is 18.0 Å². The zero-order valence-electron chi connectivity index (χ0n) is 9.19. The van der Waals surface area contributed by atoms with Gasteiger partial charge in [0.25, 0.3) is 0 Å². The van der Waals surface area contributed by atoms with Crippen LogP contribution in [-0.2, 0) is 4.79 Å². The van der Waals surface area contributed by atoms with Gasteiger partial charge in [0.15, 0.2) is 0 Å². The summed E-state index contributed by atoms with van der Waals surface area (Å²) in [6.45, 7) is 4.00. The van der Waals surface area contributed by atoms with Crippen molar-refractivity contribution in [1.29, 1.82) is 0 Å². The van der Waals surface area contributed by atoms with Gasteiger partial charge < -0.3 is 11.1 Å². The summed E-state index contributed by atoms with van der Waals surface area (Å²) in [5, 5.41) is 4.92. The van der Waals surface area contributed by atoms with E-state index in [2.05, 4.69) is 5.32 Å². The van der Waals surface area contributed by atoms with Crippen molar-refractivity contribution in [2.75, 3.05) is 0 Å². The van der Waals surface area contributed by atoms with Crippen LogP contribution in [0.5, 0.6) is 0 Å². The van der Waals surface area contributed by atoms with Crippen molar-refractivity contribution in [3.8, 4) is 0 Å². The first-order chi connectivity index (χ1) is 7.15. The predicted octanol–water partition coefficient (Wildman–Crippen LogP) is 2.05. The maximum atomic E-state index is 11.6. The molecular weight excluding hydrogens is 208 g/mol. The Kier molecular flexibility index (Phi) is 4.78. The van der Waals surface area contributed by atoms with Crippen LogP contribution in [0.2, 0.25) is 0 Å². The van der Waals surface area contributed by atoms with Crippen molar-refractivity contribution < 1.29 is 4.79 Å². The molecule has 0 bridgehead atoms. The number of nitrogens with two attached hydrogens (primary N) is 1. The third-order valence-corrected chi connectivity index (χ3v) is 3.32. The molecule has 0 aliphatic carbocycles. The van der Waals surface area contributed by atoms with Crippen LogP contribution in [0.25, 0.3) is 0 Å². The first-order valence-corrected chi connectivity index (χ1v) is 6.12. The molecule has 0 spiro atoms. The van der Waals surface area contributed by atoms with Crippen LogP contribution in [0.15, 0.2) is 17.5 Å². The molecule has 1 rings (SSSR count). The van der Waals surface area contributed by atoms with Crippen LogP contribution in [0.1, 0.15) is 37.6 Å². The maximum absolute atomic E-state index is 11.6. The van der Waals surface area contributed by atoms with Gasteiger partial charge in [-0.25, -0.2) is 0 Å². The zero-order valence-corrected chi connectivity index (χ0v) is 10.0. The number of amides is 1. The van der Waals surface area contributed by atoms with Crippen LogP contribution in [-0.4, -0.2) is 11.9 Å².